The van der Waals surface area contributed by atoms with Crippen molar-refractivity contribution < 1.29 is 17.9 Å². The smallest absolute Gasteiger partial charge is 0.394 e. The van der Waals surface area contributed by atoms with E-state index in [1.165, 1.54) is 7.11 Å². The van der Waals surface area contributed by atoms with Gasteiger partial charge >= 0.3 is 6.18 Å². The van der Waals surface area contributed by atoms with Gasteiger partial charge in [-0.15, -0.1) is 0 Å². The molecule has 6 heteroatoms. The molecule has 1 unspecified atom stereocenters. The van der Waals surface area contributed by atoms with Gasteiger partial charge in [0.1, 0.15) is 5.75 Å². The Morgan fingerprint density at radius 2 is 1.95 bits per heavy atom. The summed E-state index contributed by atoms with van der Waals surface area (Å²) in [6.07, 6.45) is -4.26. The van der Waals surface area contributed by atoms with E-state index in [2.05, 4.69) is 0 Å². The van der Waals surface area contributed by atoms with Crippen LogP contribution in [0.2, 0.25) is 0 Å². The first kappa shape index (κ1) is 15.8. The number of alkyl halides is 3. The lowest BCUT2D eigenvalue weighted by Gasteiger charge is -2.25. The number of benzene rings is 1. The molecule has 1 atom stereocenters. The van der Waals surface area contributed by atoms with Crippen molar-refractivity contribution in [2.45, 2.75) is 12.7 Å². The fourth-order valence-electron chi connectivity index (χ4n) is 1.88. The normalized spacial score (nSPS) is 13.6. The van der Waals surface area contributed by atoms with E-state index in [9.17, 15) is 13.2 Å². The van der Waals surface area contributed by atoms with E-state index in [-0.39, 0.29) is 6.54 Å². The lowest BCUT2D eigenvalue weighted by Crippen LogP contribution is -2.39. The molecule has 19 heavy (non-hydrogen) atoms. The topological polar surface area (TPSA) is 38.5 Å². The van der Waals surface area contributed by atoms with Gasteiger partial charge in [0.05, 0.1) is 13.0 Å². The van der Waals surface area contributed by atoms with E-state index in [4.69, 9.17) is 10.5 Å². The van der Waals surface area contributed by atoms with Crippen molar-refractivity contribution >= 4 is 0 Å². The number of rotatable bonds is 6. The van der Waals surface area contributed by atoms with Gasteiger partial charge in [0.25, 0.3) is 0 Å². The molecule has 0 aliphatic rings. The highest BCUT2D eigenvalue weighted by molar-refractivity contribution is 5.32. The van der Waals surface area contributed by atoms with E-state index in [0.717, 1.165) is 5.56 Å². The number of nitrogens with two attached hydrogens (primary N) is 1. The Morgan fingerprint density at radius 1 is 1.32 bits per heavy atom. The number of para-hydroxylation sites is 1. The third-order valence-corrected chi connectivity index (χ3v) is 2.91. The molecule has 0 spiro atoms. The van der Waals surface area contributed by atoms with Crippen LogP contribution in [0.3, 0.4) is 0 Å². The molecule has 0 fully saturated rings. The first-order valence-corrected chi connectivity index (χ1v) is 5.95. The fraction of sp³-hybridized carbons (Fsp3) is 0.538. The second-order valence-electron chi connectivity index (χ2n) is 4.48. The van der Waals surface area contributed by atoms with Gasteiger partial charge in [-0.2, -0.15) is 13.2 Å². The molecule has 0 aliphatic carbocycles. The highest BCUT2D eigenvalue weighted by Crippen LogP contribution is 2.27. The predicted octanol–water partition coefficient (Wildman–Crippen LogP) is 2.26. The van der Waals surface area contributed by atoms with E-state index < -0.39 is 18.6 Å². The Balaban J connectivity index is 2.67. The molecule has 0 heterocycles. The standard InChI is InChI=1S/C13H19F3N2O/c1-18(9-11(7-17)13(14,15)16)8-10-5-3-4-6-12(10)19-2/h3-6,11H,7-9,17H2,1-2H3. The van der Waals surface area contributed by atoms with Crippen molar-refractivity contribution in [1.29, 1.82) is 0 Å². The van der Waals surface area contributed by atoms with E-state index in [1.54, 1.807) is 18.0 Å². The molecule has 1 rings (SSSR count). The van der Waals surface area contributed by atoms with Crippen LogP contribution in [0.15, 0.2) is 24.3 Å². The molecule has 0 aromatic heterocycles. The zero-order chi connectivity index (χ0) is 14.5. The third kappa shape index (κ3) is 4.72. The average Bonchev–Trinajstić information content (AvgIpc) is 2.35. The Hall–Kier alpha value is -1.27. The van der Waals surface area contributed by atoms with Crippen molar-refractivity contribution in [3.8, 4) is 5.75 Å². The van der Waals surface area contributed by atoms with Crippen LogP contribution >= 0.6 is 0 Å². The molecule has 0 amide bonds. The van der Waals surface area contributed by atoms with Crippen molar-refractivity contribution in [2.75, 3.05) is 27.2 Å². The zero-order valence-electron chi connectivity index (χ0n) is 11.1. The van der Waals surface area contributed by atoms with E-state index >= 15 is 0 Å². The number of hydrogen-bond donors (Lipinski definition) is 1. The van der Waals surface area contributed by atoms with Crippen LogP contribution < -0.4 is 10.5 Å². The molecule has 0 aliphatic heterocycles. The molecule has 3 nitrogen and oxygen atoms in total. The zero-order valence-corrected chi connectivity index (χ0v) is 11.1. The molecular weight excluding hydrogens is 257 g/mol. The Bertz CT molecular complexity index is 396. The van der Waals surface area contributed by atoms with Gasteiger partial charge in [-0.25, -0.2) is 0 Å². The maximum atomic E-state index is 12.6. The number of ether oxygens (including phenoxy) is 1. The van der Waals surface area contributed by atoms with Gasteiger partial charge in [0, 0.05) is 25.2 Å². The molecule has 0 radical (unpaired) electrons. The third-order valence-electron chi connectivity index (χ3n) is 2.91. The number of halogens is 3. The van der Waals surface area contributed by atoms with Crippen LogP contribution in [0.1, 0.15) is 5.56 Å². The molecular formula is C13H19F3N2O. The molecule has 108 valence electrons. The van der Waals surface area contributed by atoms with Gasteiger partial charge in [0.2, 0.25) is 0 Å². The fourth-order valence-corrected chi connectivity index (χ4v) is 1.88. The summed E-state index contributed by atoms with van der Waals surface area (Å²) in [5.74, 6) is -0.835. The van der Waals surface area contributed by atoms with Gasteiger partial charge in [0.15, 0.2) is 0 Å². The van der Waals surface area contributed by atoms with Gasteiger partial charge in [-0.05, 0) is 13.1 Å². The summed E-state index contributed by atoms with van der Waals surface area (Å²) in [6, 6.07) is 7.27. The van der Waals surface area contributed by atoms with Crippen LogP contribution in [0.5, 0.6) is 5.75 Å². The van der Waals surface area contributed by atoms with Crippen LogP contribution in [0.25, 0.3) is 0 Å². The SMILES string of the molecule is COc1ccccc1CN(C)CC(CN)C(F)(F)F. The molecule has 1 aromatic carbocycles. The van der Waals surface area contributed by atoms with Gasteiger partial charge in [-0.3, -0.25) is 0 Å². The monoisotopic (exact) mass is 276 g/mol. The summed E-state index contributed by atoms with van der Waals surface area (Å²) in [7, 11) is 3.18. The molecule has 1 aromatic rings. The first-order chi connectivity index (χ1) is 8.88. The van der Waals surface area contributed by atoms with Crippen molar-refractivity contribution in [3.05, 3.63) is 29.8 Å². The maximum absolute atomic E-state index is 12.6. The molecule has 0 bridgehead atoms. The van der Waals surface area contributed by atoms with Crippen LogP contribution in [-0.2, 0) is 6.54 Å². The number of nitrogens with zero attached hydrogens (tertiary/aromatic N) is 1. The predicted molar refractivity (Wildman–Crippen MR) is 67.9 cm³/mol. The Labute approximate surface area is 111 Å². The Morgan fingerprint density at radius 3 is 2.47 bits per heavy atom. The first-order valence-electron chi connectivity index (χ1n) is 5.95. The Kier molecular flexibility index (Phi) is 5.62. The summed E-state index contributed by atoms with van der Waals surface area (Å²) in [5.41, 5.74) is 6.04. The van der Waals surface area contributed by atoms with Crippen LogP contribution in [0.4, 0.5) is 13.2 Å². The summed E-state index contributed by atoms with van der Waals surface area (Å²) in [6.45, 7) is -0.144. The summed E-state index contributed by atoms with van der Waals surface area (Å²) in [4.78, 5) is 1.60. The van der Waals surface area contributed by atoms with Gasteiger partial charge < -0.3 is 15.4 Å². The lowest BCUT2D eigenvalue weighted by molar-refractivity contribution is -0.175. The van der Waals surface area contributed by atoms with E-state index in [0.29, 0.717) is 12.3 Å². The van der Waals surface area contributed by atoms with E-state index in [1.807, 2.05) is 18.2 Å². The minimum atomic E-state index is -4.26. The minimum absolute atomic E-state index is 0.127. The molecule has 0 saturated heterocycles. The van der Waals surface area contributed by atoms with Crippen molar-refractivity contribution in [3.63, 3.8) is 0 Å². The van der Waals surface area contributed by atoms with Crippen molar-refractivity contribution in [2.24, 2.45) is 11.7 Å². The van der Waals surface area contributed by atoms with Crippen LogP contribution in [-0.4, -0.2) is 38.3 Å². The second kappa shape index (κ2) is 6.77. The van der Waals surface area contributed by atoms with Crippen molar-refractivity contribution in [1.82, 2.24) is 4.90 Å². The highest BCUT2D eigenvalue weighted by Gasteiger charge is 2.38. The summed E-state index contributed by atoms with van der Waals surface area (Å²) >= 11 is 0. The lowest BCUT2D eigenvalue weighted by atomic mass is 10.1. The quantitative estimate of drug-likeness (QED) is 0.866. The molecule has 2 N–H and O–H groups in total. The summed E-state index contributed by atoms with van der Waals surface area (Å²) in [5, 5.41) is 0. The molecule has 0 saturated carbocycles. The van der Waals surface area contributed by atoms with Crippen LogP contribution in [0, 0.1) is 5.92 Å². The number of methoxy groups -OCH3 is 1. The number of hydrogen-bond acceptors (Lipinski definition) is 3. The maximum Gasteiger partial charge on any atom is 0.394 e. The highest BCUT2D eigenvalue weighted by atomic mass is 19.4. The second-order valence-corrected chi connectivity index (χ2v) is 4.48. The van der Waals surface area contributed by atoms with Gasteiger partial charge in [-0.1, -0.05) is 18.2 Å². The summed E-state index contributed by atoms with van der Waals surface area (Å²) < 4.78 is 43.1. The largest absolute Gasteiger partial charge is 0.496 e. The average molecular weight is 276 g/mol. The minimum Gasteiger partial charge on any atom is -0.496 e.